The number of halogens is 1. The molecule has 24 heavy (non-hydrogen) atoms. The third kappa shape index (κ3) is 2.83. The normalized spacial score (nSPS) is 17.4. The number of ether oxygens (including phenoxy) is 1. The molecule has 1 aromatic carbocycles. The van der Waals surface area contributed by atoms with Crippen LogP contribution < -0.4 is 4.90 Å². The molecule has 1 atom stereocenters. The molecule has 2 N–H and O–H groups in total. The van der Waals surface area contributed by atoms with Gasteiger partial charge in [-0.15, -0.1) is 5.10 Å². The van der Waals surface area contributed by atoms with Gasteiger partial charge in [0.05, 0.1) is 13.2 Å². The van der Waals surface area contributed by atoms with Gasteiger partial charge >= 0.3 is 0 Å². The fourth-order valence-corrected chi connectivity index (χ4v) is 4.82. The lowest BCUT2D eigenvalue weighted by atomic mass is 10.0. The predicted octanol–water partition coefficient (Wildman–Crippen LogP) is 1.57. The number of aromatic nitrogens is 3. The molecule has 126 valence electrons. The zero-order valence-corrected chi connectivity index (χ0v) is 15.6. The average Bonchev–Trinajstić information content (AvgIpc) is 3.07. The van der Waals surface area contributed by atoms with E-state index in [1.165, 1.54) is 16.2 Å². The number of hydrogen-bond acceptors (Lipinski definition) is 5. The first kappa shape index (κ1) is 16.0. The fraction of sp³-hybridized carbons (Fsp3) is 0.375. The number of nitrogens with zero attached hydrogens (tertiary/aromatic N) is 3. The molecule has 1 fully saturated rings. The summed E-state index contributed by atoms with van der Waals surface area (Å²) in [5.41, 5.74) is 1.16. The van der Waals surface area contributed by atoms with Gasteiger partial charge in [0.2, 0.25) is 10.8 Å². The van der Waals surface area contributed by atoms with Gasteiger partial charge in [0.15, 0.2) is 6.04 Å². The highest BCUT2D eigenvalue weighted by atomic mass is 79.9. The Morgan fingerprint density at radius 3 is 2.88 bits per heavy atom. The van der Waals surface area contributed by atoms with Crippen LogP contribution in [0.4, 0.5) is 0 Å². The van der Waals surface area contributed by atoms with Crippen molar-refractivity contribution in [3.8, 4) is 5.88 Å². The number of aryl methyl sites for hydroxylation is 1. The summed E-state index contributed by atoms with van der Waals surface area (Å²) in [6.07, 6.45) is 0. The summed E-state index contributed by atoms with van der Waals surface area (Å²) >= 11 is 5.07. The van der Waals surface area contributed by atoms with Crippen molar-refractivity contribution in [2.75, 3.05) is 26.3 Å². The Morgan fingerprint density at radius 2 is 2.17 bits per heavy atom. The highest BCUT2D eigenvalue weighted by molar-refractivity contribution is 9.10. The van der Waals surface area contributed by atoms with Crippen LogP contribution in [0.3, 0.4) is 0 Å². The minimum absolute atomic E-state index is 0.0419. The summed E-state index contributed by atoms with van der Waals surface area (Å²) in [4.78, 5) is 7.42. The van der Waals surface area contributed by atoms with E-state index in [2.05, 4.69) is 38.1 Å². The van der Waals surface area contributed by atoms with Crippen LogP contribution in [-0.2, 0) is 4.74 Å². The van der Waals surface area contributed by atoms with Gasteiger partial charge in [-0.05, 0) is 19.1 Å². The molecular formula is C16H18BrN4O2S+. The van der Waals surface area contributed by atoms with E-state index >= 15 is 0 Å². The van der Waals surface area contributed by atoms with E-state index in [1.54, 1.807) is 4.52 Å². The second-order valence-electron chi connectivity index (χ2n) is 5.90. The quantitative estimate of drug-likeness (QED) is 0.688. The SMILES string of the molecule is Cc1nc2sc([C@@H](c3cccc(Br)c3)[NH+]3CCOCC3)c(O)n2n1. The van der Waals surface area contributed by atoms with Gasteiger partial charge in [-0.1, -0.05) is 39.4 Å². The van der Waals surface area contributed by atoms with Crippen LogP contribution in [0, 0.1) is 6.92 Å². The number of thiazole rings is 1. The molecule has 8 heteroatoms. The number of rotatable bonds is 3. The van der Waals surface area contributed by atoms with Crippen molar-refractivity contribution < 1.29 is 14.7 Å². The zero-order chi connectivity index (χ0) is 16.7. The molecule has 0 amide bonds. The highest BCUT2D eigenvalue weighted by Crippen LogP contribution is 2.35. The first-order valence-corrected chi connectivity index (χ1v) is 9.47. The van der Waals surface area contributed by atoms with Crippen LogP contribution in [0.25, 0.3) is 4.96 Å². The van der Waals surface area contributed by atoms with Crippen molar-refractivity contribution in [3.63, 3.8) is 0 Å². The van der Waals surface area contributed by atoms with E-state index in [4.69, 9.17) is 4.74 Å². The summed E-state index contributed by atoms with van der Waals surface area (Å²) in [6, 6.07) is 8.32. The van der Waals surface area contributed by atoms with Gasteiger partial charge in [0.25, 0.3) is 0 Å². The molecule has 0 radical (unpaired) electrons. The van der Waals surface area contributed by atoms with Gasteiger partial charge in [-0.25, -0.2) is 4.98 Å². The van der Waals surface area contributed by atoms with Gasteiger partial charge in [-0.2, -0.15) is 4.52 Å². The monoisotopic (exact) mass is 409 g/mol. The second-order valence-corrected chi connectivity index (χ2v) is 7.83. The Hall–Kier alpha value is -1.48. The summed E-state index contributed by atoms with van der Waals surface area (Å²) in [7, 11) is 0. The number of nitrogens with one attached hydrogen (secondary N) is 1. The van der Waals surface area contributed by atoms with E-state index in [1.807, 2.05) is 19.1 Å². The molecule has 0 spiro atoms. The van der Waals surface area contributed by atoms with Crippen LogP contribution in [-0.4, -0.2) is 46.0 Å². The van der Waals surface area contributed by atoms with Crippen LogP contribution in [0.15, 0.2) is 28.7 Å². The van der Waals surface area contributed by atoms with Crippen molar-refractivity contribution in [2.24, 2.45) is 0 Å². The molecular weight excluding hydrogens is 392 g/mol. The van der Waals surface area contributed by atoms with Crippen LogP contribution in [0.2, 0.25) is 0 Å². The van der Waals surface area contributed by atoms with E-state index in [0.717, 1.165) is 46.2 Å². The Bertz CT molecular complexity index is 872. The molecule has 0 bridgehead atoms. The van der Waals surface area contributed by atoms with Gasteiger partial charge in [0, 0.05) is 10.0 Å². The minimum Gasteiger partial charge on any atom is -0.492 e. The Labute approximate surface area is 151 Å². The van der Waals surface area contributed by atoms with Crippen LogP contribution >= 0.6 is 27.3 Å². The average molecular weight is 410 g/mol. The first-order valence-electron chi connectivity index (χ1n) is 7.86. The molecule has 0 unspecified atom stereocenters. The second kappa shape index (κ2) is 6.44. The van der Waals surface area contributed by atoms with E-state index in [0.29, 0.717) is 5.82 Å². The van der Waals surface area contributed by atoms with Gasteiger partial charge in [-0.3, -0.25) is 0 Å². The maximum atomic E-state index is 10.7. The summed E-state index contributed by atoms with van der Waals surface area (Å²) in [5.74, 6) is 0.861. The van der Waals surface area contributed by atoms with Crippen molar-refractivity contribution in [2.45, 2.75) is 13.0 Å². The van der Waals surface area contributed by atoms with Gasteiger partial charge < -0.3 is 14.7 Å². The third-order valence-electron chi connectivity index (χ3n) is 4.29. The molecule has 3 heterocycles. The molecule has 0 aliphatic carbocycles. The smallest absolute Gasteiger partial charge is 0.235 e. The van der Waals surface area contributed by atoms with Crippen LogP contribution in [0.5, 0.6) is 5.88 Å². The van der Waals surface area contributed by atoms with Crippen molar-refractivity contribution in [3.05, 3.63) is 45.0 Å². The van der Waals surface area contributed by atoms with E-state index in [-0.39, 0.29) is 11.9 Å². The topological polar surface area (TPSA) is 64.1 Å². The standard InChI is InChI=1S/C16H17BrN4O2S/c1-10-18-16-21(19-10)15(22)14(24-16)13(20-5-7-23-8-6-20)11-3-2-4-12(17)9-11/h2-4,9,13,22H,5-8H2,1H3/p+1/t13-/m1/s1. The molecule has 0 saturated carbocycles. The first-order chi connectivity index (χ1) is 11.6. The fourth-order valence-electron chi connectivity index (χ4n) is 3.22. The molecule has 2 aromatic heterocycles. The maximum absolute atomic E-state index is 10.7. The lowest BCUT2D eigenvalue weighted by molar-refractivity contribution is -0.932. The molecule has 1 saturated heterocycles. The van der Waals surface area contributed by atoms with Crippen molar-refractivity contribution in [1.29, 1.82) is 0 Å². The number of hydrogen-bond donors (Lipinski definition) is 2. The van der Waals surface area contributed by atoms with Gasteiger partial charge in [0.1, 0.15) is 23.8 Å². The summed E-state index contributed by atoms with van der Waals surface area (Å²) < 4.78 is 8.09. The Morgan fingerprint density at radius 1 is 1.38 bits per heavy atom. The Balaban J connectivity index is 1.84. The Kier molecular flexibility index (Phi) is 4.29. The van der Waals surface area contributed by atoms with E-state index < -0.39 is 0 Å². The number of benzene rings is 1. The minimum atomic E-state index is 0.0419. The highest BCUT2D eigenvalue weighted by Gasteiger charge is 2.33. The third-order valence-corrected chi connectivity index (χ3v) is 5.87. The molecule has 6 nitrogen and oxygen atoms in total. The lowest BCUT2D eigenvalue weighted by Crippen LogP contribution is -3.14. The molecule has 1 aliphatic heterocycles. The van der Waals surface area contributed by atoms with E-state index in [9.17, 15) is 5.11 Å². The molecule has 3 aromatic rings. The molecule has 4 rings (SSSR count). The largest absolute Gasteiger partial charge is 0.492 e. The number of aromatic hydroxyl groups is 1. The number of morpholine rings is 1. The molecule has 1 aliphatic rings. The maximum Gasteiger partial charge on any atom is 0.235 e. The lowest BCUT2D eigenvalue weighted by Gasteiger charge is -2.31. The summed E-state index contributed by atoms with van der Waals surface area (Å²) in [5, 5.41) is 15.0. The van der Waals surface area contributed by atoms with Crippen LogP contribution in [0.1, 0.15) is 22.3 Å². The number of quaternary nitrogens is 1. The van der Waals surface area contributed by atoms with Crippen molar-refractivity contribution in [1.82, 2.24) is 14.6 Å². The van der Waals surface area contributed by atoms with Crippen molar-refractivity contribution >= 4 is 32.2 Å². The predicted molar refractivity (Wildman–Crippen MR) is 94.8 cm³/mol. The summed E-state index contributed by atoms with van der Waals surface area (Å²) in [6.45, 7) is 5.12. The number of fused-ring (bicyclic) bond motifs is 1. The zero-order valence-electron chi connectivity index (χ0n) is 13.2.